The highest BCUT2D eigenvalue weighted by atomic mass is 35.5. The van der Waals surface area contributed by atoms with Gasteiger partial charge in [-0.25, -0.2) is 0 Å². The number of carbonyl (C=O) groups excluding carboxylic acids is 1. The van der Waals surface area contributed by atoms with E-state index in [9.17, 15) is 4.79 Å². The number of nitrogens with zero attached hydrogens (tertiary/aromatic N) is 3. The van der Waals surface area contributed by atoms with Gasteiger partial charge in [0, 0.05) is 28.3 Å². The van der Waals surface area contributed by atoms with Crippen molar-refractivity contribution in [2.75, 3.05) is 11.1 Å². The predicted octanol–water partition coefficient (Wildman–Crippen LogP) is 4.83. The minimum Gasteiger partial charge on any atom is -0.325 e. The smallest absolute Gasteiger partial charge is 0.234 e. The number of halogens is 2. The molecule has 1 amide bonds. The first-order chi connectivity index (χ1) is 12.4. The number of rotatable bonds is 5. The van der Waals surface area contributed by atoms with Crippen LogP contribution in [0.4, 0.5) is 5.69 Å². The molecular formula is C18H16Cl2N4OS. The van der Waals surface area contributed by atoms with Gasteiger partial charge in [0.05, 0.1) is 5.75 Å². The van der Waals surface area contributed by atoms with Gasteiger partial charge in [-0.15, -0.1) is 10.2 Å². The standard InChI is InChI=1S/C18H16Cl2N4OS/c1-11-3-5-12(6-4-11)17-22-23-18(24(17)2)26-10-16(25)21-15-8-13(19)7-14(20)9-15/h3-9H,10H2,1-2H3,(H,21,25). The molecular weight excluding hydrogens is 391 g/mol. The molecule has 5 nitrogen and oxygen atoms in total. The molecule has 0 unspecified atom stereocenters. The van der Waals surface area contributed by atoms with Crippen molar-refractivity contribution in [3.05, 3.63) is 58.1 Å². The van der Waals surface area contributed by atoms with Crippen molar-refractivity contribution in [3.63, 3.8) is 0 Å². The molecule has 0 radical (unpaired) electrons. The van der Waals surface area contributed by atoms with E-state index in [-0.39, 0.29) is 11.7 Å². The molecule has 1 heterocycles. The van der Waals surface area contributed by atoms with Crippen LogP contribution in [0.3, 0.4) is 0 Å². The number of nitrogens with one attached hydrogen (secondary N) is 1. The summed E-state index contributed by atoms with van der Waals surface area (Å²) >= 11 is 13.2. The highest BCUT2D eigenvalue weighted by Crippen LogP contribution is 2.25. The summed E-state index contributed by atoms with van der Waals surface area (Å²) in [6.07, 6.45) is 0. The summed E-state index contributed by atoms with van der Waals surface area (Å²) in [7, 11) is 1.88. The average molecular weight is 407 g/mol. The first-order valence-electron chi connectivity index (χ1n) is 7.77. The van der Waals surface area contributed by atoms with Crippen LogP contribution in [-0.4, -0.2) is 26.4 Å². The van der Waals surface area contributed by atoms with E-state index < -0.39 is 0 Å². The molecule has 134 valence electrons. The van der Waals surface area contributed by atoms with Gasteiger partial charge in [0.2, 0.25) is 5.91 Å². The van der Waals surface area contributed by atoms with Gasteiger partial charge in [0.1, 0.15) is 0 Å². The van der Waals surface area contributed by atoms with Crippen LogP contribution in [0.5, 0.6) is 0 Å². The van der Waals surface area contributed by atoms with Crippen molar-refractivity contribution >= 4 is 46.6 Å². The van der Waals surface area contributed by atoms with E-state index in [1.807, 2.05) is 42.8 Å². The Labute approximate surface area is 165 Å². The first kappa shape index (κ1) is 18.8. The van der Waals surface area contributed by atoms with Gasteiger partial charge in [0.15, 0.2) is 11.0 Å². The normalized spacial score (nSPS) is 10.8. The molecule has 0 atom stereocenters. The van der Waals surface area contributed by atoms with E-state index in [1.54, 1.807) is 18.2 Å². The zero-order chi connectivity index (χ0) is 18.7. The lowest BCUT2D eigenvalue weighted by Crippen LogP contribution is -2.14. The Morgan fingerprint density at radius 2 is 1.77 bits per heavy atom. The summed E-state index contributed by atoms with van der Waals surface area (Å²) in [5, 5.41) is 12.8. The van der Waals surface area contributed by atoms with Gasteiger partial charge in [-0.2, -0.15) is 0 Å². The summed E-state index contributed by atoms with van der Waals surface area (Å²) in [6.45, 7) is 2.04. The lowest BCUT2D eigenvalue weighted by Gasteiger charge is -2.07. The van der Waals surface area contributed by atoms with Crippen molar-refractivity contribution < 1.29 is 4.79 Å². The number of aromatic nitrogens is 3. The Bertz CT molecular complexity index is 921. The molecule has 0 aliphatic heterocycles. The van der Waals surface area contributed by atoms with Crippen molar-refractivity contribution in [3.8, 4) is 11.4 Å². The quantitative estimate of drug-likeness (QED) is 0.616. The van der Waals surface area contributed by atoms with Crippen LogP contribution in [0.2, 0.25) is 10.0 Å². The van der Waals surface area contributed by atoms with E-state index in [0.717, 1.165) is 11.4 Å². The molecule has 0 aliphatic rings. The maximum atomic E-state index is 12.2. The maximum Gasteiger partial charge on any atom is 0.234 e. The number of aryl methyl sites for hydroxylation is 1. The Morgan fingerprint density at radius 3 is 2.42 bits per heavy atom. The number of amides is 1. The lowest BCUT2D eigenvalue weighted by molar-refractivity contribution is -0.113. The molecule has 3 aromatic rings. The van der Waals surface area contributed by atoms with Gasteiger partial charge in [-0.3, -0.25) is 4.79 Å². The van der Waals surface area contributed by atoms with Gasteiger partial charge < -0.3 is 9.88 Å². The average Bonchev–Trinajstić information content (AvgIpc) is 2.93. The maximum absolute atomic E-state index is 12.2. The summed E-state index contributed by atoms with van der Waals surface area (Å²) in [5.41, 5.74) is 2.73. The van der Waals surface area contributed by atoms with Crippen LogP contribution >= 0.6 is 35.0 Å². The van der Waals surface area contributed by atoms with Crippen LogP contribution in [0.1, 0.15) is 5.56 Å². The SMILES string of the molecule is Cc1ccc(-c2nnc(SCC(=O)Nc3cc(Cl)cc(Cl)c3)n2C)cc1. The third-order valence-electron chi connectivity index (χ3n) is 3.62. The highest BCUT2D eigenvalue weighted by molar-refractivity contribution is 7.99. The summed E-state index contributed by atoms with van der Waals surface area (Å²) in [6, 6.07) is 13.0. The fraction of sp³-hybridized carbons (Fsp3) is 0.167. The number of carbonyl (C=O) groups is 1. The highest BCUT2D eigenvalue weighted by Gasteiger charge is 2.13. The molecule has 1 aromatic heterocycles. The van der Waals surface area contributed by atoms with Gasteiger partial charge in [0.25, 0.3) is 0 Å². The van der Waals surface area contributed by atoms with Crippen molar-refractivity contribution in [1.29, 1.82) is 0 Å². The molecule has 0 aliphatic carbocycles. The molecule has 0 spiro atoms. The zero-order valence-corrected chi connectivity index (χ0v) is 16.5. The monoisotopic (exact) mass is 406 g/mol. The van der Waals surface area contributed by atoms with Crippen molar-refractivity contribution in [2.24, 2.45) is 7.05 Å². The molecule has 8 heteroatoms. The molecule has 0 fully saturated rings. The third-order valence-corrected chi connectivity index (χ3v) is 5.08. The Kier molecular flexibility index (Phi) is 5.86. The van der Waals surface area contributed by atoms with E-state index in [4.69, 9.17) is 23.2 Å². The third kappa shape index (κ3) is 4.58. The molecule has 0 saturated carbocycles. The largest absolute Gasteiger partial charge is 0.325 e. The summed E-state index contributed by atoms with van der Waals surface area (Å²) < 4.78 is 1.87. The lowest BCUT2D eigenvalue weighted by atomic mass is 10.1. The fourth-order valence-electron chi connectivity index (χ4n) is 2.35. The Morgan fingerprint density at radius 1 is 1.12 bits per heavy atom. The van der Waals surface area contributed by atoms with Gasteiger partial charge >= 0.3 is 0 Å². The number of thioether (sulfide) groups is 1. The Hall–Kier alpha value is -2.02. The summed E-state index contributed by atoms with van der Waals surface area (Å²) in [4.78, 5) is 12.2. The number of anilines is 1. The predicted molar refractivity (Wildman–Crippen MR) is 107 cm³/mol. The molecule has 1 N–H and O–H groups in total. The van der Waals surface area contributed by atoms with Crippen LogP contribution < -0.4 is 5.32 Å². The van der Waals surface area contributed by atoms with Crippen LogP contribution in [0.25, 0.3) is 11.4 Å². The van der Waals surface area contributed by atoms with Crippen LogP contribution in [-0.2, 0) is 11.8 Å². The minimum atomic E-state index is -0.173. The molecule has 3 rings (SSSR count). The zero-order valence-electron chi connectivity index (χ0n) is 14.2. The minimum absolute atomic E-state index is 0.173. The van der Waals surface area contributed by atoms with Crippen molar-refractivity contribution in [1.82, 2.24) is 14.8 Å². The molecule has 0 bridgehead atoms. The summed E-state index contributed by atoms with van der Waals surface area (Å²) in [5.74, 6) is 0.784. The van der Waals surface area contributed by atoms with Gasteiger partial charge in [-0.05, 0) is 25.1 Å². The molecule has 2 aromatic carbocycles. The second kappa shape index (κ2) is 8.12. The van der Waals surface area contributed by atoms with Crippen LogP contribution in [0, 0.1) is 6.92 Å². The van der Waals surface area contributed by atoms with E-state index in [1.165, 1.54) is 17.3 Å². The van der Waals surface area contributed by atoms with E-state index in [2.05, 4.69) is 15.5 Å². The fourth-order valence-corrected chi connectivity index (χ4v) is 3.58. The van der Waals surface area contributed by atoms with Gasteiger partial charge in [-0.1, -0.05) is 64.8 Å². The topological polar surface area (TPSA) is 59.8 Å². The van der Waals surface area contributed by atoms with Crippen LogP contribution in [0.15, 0.2) is 47.6 Å². The Balaban J connectivity index is 1.64. The molecule has 0 saturated heterocycles. The second-order valence-electron chi connectivity index (χ2n) is 5.73. The molecule has 26 heavy (non-hydrogen) atoms. The number of hydrogen-bond acceptors (Lipinski definition) is 4. The number of benzene rings is 2. The first-order valence-corrected chi connectivity index (χ1v) is 9.52. The van der Waals surface area contributed by atoms with E-state index >= 15 is 0 Å². The van der Waals surface area contributed by atoms with Crippen molar-refractivity contribution in [2.45, 2.75) is 12.1 Å². The number of hydrogen-bond donors (Lipinski definition) is 1. The van der Waals surface area contributed by atoms with E-state index in [0.29, 0.717) is 20.9 Å². The second-order valence-corrected chi connectivity index (χ2v) is 7.54.